The van der Waals surface area contributed by atoms with E-state index >= 15 is 0 Å². The summed E-state index contributed by atoms with van der Waals surface area (Å²) in [5, 5.41) is 0. The Morgan fingerprint density at radius 3 is 2.23 bits per heavy atom. The molecule has 1 aliphatic rings. The van der Waals surface area contributed by atoms with Gasteiger partial charge in [-0.1, -0.05) is 31.5 Å². The molecule has 1 N–H and O–H groups in total. The molecule has 0 radical (unpaired) electrons. The lowest BCUT2D eigenvalue weighted by Gasteiger charge is -2.37. The van der Waals surface area contributed by atoms with Gasteiger partial charge in [-0.05, 0) is 45.2 Å². The lowest BCUT2D eigenvalue weighted by Crippen LogP contribution is -2.55. The molecule has 146 valence electrons. The Labute approximate surface area is 157 Å². The van der Waals surface area contributed by atoms with Crippen LogP contribution in [0.2, 0.25) is 0 Å². The number of morpholine rings is 1. The fourth-order valence-corrected chi connectivity index (χ4v) is 4.42. The van der Waals surface area contributed by atoms with E-state index in [4.69, 9.17) is 4.74 Å². The second kappa shape index (κ2) is 8.50. The summed E-state index contributed by atoms with van der Waals surface area (Å²) in [5.74, 6) is -0.00283. The van der Waals surface area contributed by atoms with Gasteiger partial charge in [0.1, 0.15) is 6.04 Å². The Kier molecular flexibility index (Phi) is 6.82. The number of carbonyl (C=O) groups is 1. The fourth-order valence-electron chi connectivity index (χ4n) is 3.22. The van der Waals surface area contributed by atoms with Crippen LogP contribution in [-0.4, -0.2) is 50.6 Å². The maximum absolute atomic E-state index is 13.0. The molecule has 1 amide bonds. The lowest BCUT2D eigenvalue weighted by molar-refractivity contribution is -0.145. The van der Waals surface area contributed by atoms with Crippen molar-refractivity contribution in [1.29, 1.82) is 0 Å². The van der Waals surface area contributed by atoms with E-state index in [0.717, 1.165) is 5.56 Å². The molecule has 1 aromatic rings. The molecule has 0 unspecified atom stereocenters. The summed E-state index contributed by atoms with van der Waals surface area (Å²) in [5.41, 5.74) is 0.982. The van der Waals surface area contributed by atoms with Crippen molar-refractivity contribution in [2.24, 2.45) is 5.92 Å². The summed E-state index contributed by atoms with van der Waals surface area (Å²) in [6.45, 7) is 10.6. The quantitative estimate of drug-likeness (QED) is 0.819. The van der Waals surface area contributed by atoms with E-state index in [-0.39, 0.29) is 28.9 Å². The van der Waals surface area contributed by atoms with Gasteiger partial charge in [-0.15, -0.1) is 0 Å². The molecule has 1 heterocycles. The number of aryl methyl sites for hydroxylation is 1. The number of ether oxygens (including phenoxy) is 1. The van der Waals surface area contributed by atoms with Crippen LogP contribution in [0.1, 0.15) is 39.7 Å². The number of nitrogens with zero attached hydrogens (tertiary/aromatic N) is 1. The second-order valence-electron chi connectivity index (χ2n) is 7.62. The zero-order chi connectivity index (χ0) is 19.5. The Balaban J connectivity index is 2.21. The highest BCUT2D eigenvalue weighted by atomic mass is 32.2. The van der Waals surface area contributed by atoms with Gasteiger partial charge >= 0.3 is 0 Å². The molecule has 1 fully saturated rings. The molecule has 6 nitrogen and oxygen atoms in total. The van der Waals surface area contributed by atoms with Crippen molar-refractivity contribution < 1.29 is 17.9 Å². The second-order valence-corrected chi connectivity index (χ2v) is 9.33. The minimum Gasteiger partial charge on any atom is -0.372 e. The Hall–Kier alpha value is -1.44. The van der Waals surface area contributed by atoms with Gasteiger partial charge in [0.25, 0.3) is 0 Å². The zero-order valence-electron chi connectivity index (χ0n) is 16.2. The third-order valence-corrected chi connectivity index (χ3v) is 5.85. The average molecular weight is 383 g/mol. The first kappa shape index (κ1) is 20.9. The fraction of sp³-hybridized carbons (Fsp3) is 0.632. The van der Waals surface area contributed by atoms with Gasteiger partial charge < -0.3 is 9.64 Å². The standard InChI is InChI=1S/C19H30N2O4S/c1-13(2)10-18(19(22)21-11-15(4)25-16(5)12-21)20-26(23,24)17-8-6-14(3)7-9-17/h6-9,13,15-16,18,20H,10-12H2,1-5H3/t15-,16+,18-/m0/s1. The topological polar surface area (TPSA) is 75.7 Å². The minimum absolute atomic E-state index is 0.0592. The van der Waals surface area contributed by atoms with Gasteiger partial charge in [-0.25, -0.2) is 8.42 Å². The molecule has 7 heteroatoms. The van der Waals surface area contributed by atoms with E-state index in [1.165, 1.54) is 0 Å². The van der Waals surface area contributed by atoms with Crippen molar-refractivity contribution in [2.75, 3.05) is 13.1 Å². The van der Waals surface area contributed by atoms with Crippen LogP contribution < -0.4 is 4.72 Å². The summed E-state index contributed by atoms with van der Waals surface area (Å²) < 4.78 is 33.8. The van der Waals surface area contributed by atoms with Crippen LogP contribution in [0.4, 0.5) is 0 Å². The number of sulfonamides is 1. The summed E-state index contributed by atoms with van der Waals surface area (Å²) in [6, 6.07) is 5.85. The largest absolute Gasteiger partial charge is 0.372 e. The van der Waals surface area contributed by atoms with E-state index in [1.54, 1.807) is 29.2 Å². The molecular weight excluding hydrogens is 352 g/mol. The van der Waals surface area contributed by atoms with Crippen LogP contribution in [-0.2, 0) is 19.6 Å². The molecule has 0 bridgehead atoms. The first-order chi connectivity index (χ1) is 12.1. The van der Waals surface area contributed by atoms with Crippen LogP contribution >= 0.6 is 0 Å². The molecule has 1 saturated heterocycles. The van der Waals surface area contributed by atoms with E-state index in [9.17, 15) is 13.2 Å². The van der Waals surface area contributed by atoms with Gasteiger partial charge in [0.2, 0.25) is 15.9 Å². The third kappa shape index (κ3) is 5.53. The number of amides is 1. The highest BCUT2D eigenvalue weighted by Crippen LogP contribution is 2.17. The Morgan fingerprint density at radius 2 is 1.73 bits per heavy atom. The molecule has 1 aromatic carbocycles. The third-order valence-electron chi connectivity index (χ3n) is 4.37. The van der Waals surface area contributed by atoms with Crippen LogP contribution in [0, 0.1) is 12.8 Å². The monoisotopic (exact) mass is 382 g/mol. The summed E-state index contributed by atoms with van der Waals surface area (Å²) in [4.78, 5) is 14.9. The predicted octanol–water partition coefficient (Wildman–Crippen LogP) is 2.32. The van der Waals surface area contributed by atoms with Crippen molar-refractivity contribution in [3.05, 3.63) is 29.8 Å². The summed E-state index contributed by atoms with van der Waals surface area (Å²) >= 11 is 0. The first-order valence-electron chi connectivity index (χ1n) is 9.11. The van der Waals surface area contributed by atoms with Gasteiger partial charge in [-0.3, -0.25) is 4.79 Å². The molecule has 3 atom stereocenters. The van der Waals surface area contributed by atoms with E-state index in [1.807, 2.05) is 34.6 Å². The van der Waals surface area contributed by atoms with E-state index in [0.29, 0.717) is 19.5 Å². The summed E-state index contributed by atoms with van der Waals surface area (Å²) in [7, 11) is -3.76. The molecule has 0 aliphatic carbocycles. The van der Waals surface area contributed by atoms with Gasteiger partial charge in [0, 0.05) is 13.1 Å². The number of nitrogens with one attached hydrogen (secondary N) is 1. The van der Waals surface area contributed by atoms with Crippen molar-refractivity contribution in [3.63, 3.8) is 0 Å². The average Bonchev–Trinajstić information content (AvgIpc) is 2.52. The summed E-state index contributed by atoms with van der Waals surface area (Å²) in [6.07, 6.45) is 0.330. The predicted molar refractivity (Wildman–Crippen MR) is 101 cm³/mol. The van der Waals surface area contributed by atoms with Crippen molar-refractivity contribution in [1.82, 2.24) is 9.62 Å². The van der Waals surface area contributed by atoms with Crippen LogP contribution in [0.3, 0.4) is 0 Å². The molecule has 26 heavy (non-hydrogen) atoms. The molecule has 0 aromatic heterocycles. The lowest BCUT2D eigenvalue weighted by atomic mass is 10.0. The maximum atomic E-state index is 13.0. The number of rotatable bonds is 6. The minimum atomic E-state index is -3.76. The van der Waals surface area contributed by atoms with E-state index < -0.39 is 16.1 Å². The molecule has 1 aliphatic heterocycles. The van der Waals surface area contributed by atoms with Gasteiger partial charge in [0.05, 0.1) is 17.1 Å². The van der Waals surface area contributed by atoms with E-state index in [2.05, 4.69) is 4.72 Å². The van der Waals surface area contributed by atoms with Gasteiger partial charge in [0.15, 0.2) is 0 Å². The number of benzene rings is 1. The van der Waals surface area contributed by atoms with Crippen LogP contribution in [0.25, 0.3) is 0 Å². The smallest absolute Gasteiger partial charge is 0.241 e. The maximum Gasteiger partial charge on any atom is 0.241 e. The van der Waals surface area contributed by atoms with Crippen LogP contribution in [0.5, 0.6) is 0 Å². The highest BCUT2D eigenvalue weighted by Gasteiger charge is 2.33. The molecule has 2 rings (SSSR count). The molecule has 0 saturated carbocycles. The Morgan fingerprint density at radius 1 is 1.19 bits per heavy atom. The highest BCUT2D eigenvalue weighted by molar-refractivity contribution is 7.89. The van der Waals surface area contributed by atoms with Gasteiger partial charge in [-0.2, -0.15) is 4.72 Å². The van der Waals surface area contributed by atoms with Crippen molar-refractivity contribution in [2.45, 2.75) is 64.2 Å². The first-order valence-corrected chi connectivity index (χ1v) is 10.6. The van der Waals surface area contributed by atoms with Crippen molar-refractivity contribution >= 4 is 15.9 Å². The SMILES string of the molecule is Cc1ccc(S(=O)(=O)N[C@@H](CC(C)C)C(=O)N2C[C@@H](C)O[C@@H](C)C2)cc1. The number of hydrogen-bond donors (Lipinski definition) is 1. The normalized spacial score (nSPS) is 22.5. The zero-order valence-corrected chi connectivity index (χ0v) is 17.0. The van der Waals surface area contributed by atoms with Crippen LogP contribution in [0.15, 0.2) is 29.2 Å². The molecule has 0 spiro atoms. The number of carbonyl (C=O) groups excluding carboxylic acids is 1. The molecular formula is C19H30N2O4S. The Bertz CT molecular complexity index is 706. The van der Waals surface area contributed by atoms with Crippen molar-refractivity contribution in [3.8, 4) is 0 Å². The number of hydrogen-bond acceptors (Lipinski definition) is 4.